The number of hydrogen-bond donors (Lipinski definition) is 1. The van der Waals surface area contributed by atoms with Crippen molar-refractivity contribution in [2.45, 2.75) is 45.3 Å². The van der Waals surface area contributed by atoms with Crippen LogP contribution in [0.4, 0.5) is 4.39 Å². The first-order valence-electron chi connectivity index (χ1n) is 6.70. The maximum atomic E-state index is 13.1. The molecule has 2 nitrogen and oxygen atoms in total. The van der Waals surface area contributed by atoms with E-state index in [0.717, 1.165) is 24.2 Å². The molecule has 0 aliphatic heterocycles. The van der Waals surface area contributed by atoms with Crippen molar-refractivity contribution in [3.05, 3.63) is 29.6 Å². The van der Waals surface area contributed by atoms with Gasteiger partial charge in [0.2, 0.25) is 0 Å². The van der Waals surface area contributed by atoms with Gasteiger partial charge in [-0.3, -0.25) is 0 Å². The summed E-state index contributed by atoms with van der Waals surface area (Å²) in [6.07, 6.45) is 3.63. The topological polar surface area (TPSA) is 21.3 Å². The molecule has 0 amide bonds. The maximum Gasteiger partial charge on any atom is 0.123 e. The van der Waals surface area contributed by atoms with Crippen molar-refractivity contribution in [3.8, 4) is 5.75 Å². The number of halogens is 1. The minimum Gasteiger partial charge on any atom is -0.489 e. The molecule has 0 radical (unpaired) electrons. The molecule has 1 aliphatic rings. The van der Waals surface area contributed by atoms with Crippen LogP contribution in [0.15, 0.2) is 18.2 Å². The second-order valence-corrected chi connectivity index (χ2v) is 5.38. The van der Waals surface area contributed by atoms with Gasteiger partial charge in [0, 0.05) is 6.04 Å². The van der Waals surface area contributed by atoms with Crippen LogP contribution < -0.4 is 10.1 Å². The number of nitrogens with one attached hydrogen (secondary N) is 1. The molecule has 0 spiro atoms. The molecule has 1 aliphatic carbocycles. The SMILES string of the molecule is CNC1CCC(C)CC1Oc1ccc(F)cc1C. The average Bonchev–Trinajstić information content (AvgIpc) is 2.33. The van der Waals surface area contributed by atoms with E-state index < -0.39 is 0 Å². The van der Waals surface area contributed by atoms with Crippen LogP contribution in [0.1, 0.15) is 31.7 Å². The molecule has 0 heterocycles. The van der Waals surface area contributed by atoms with Crippen molar-refractivity contribution in [2.75, 3.05) is 7.05 Å². The summed E-state index contributed by atoms with van der Waals surface area (Å²) in [4.78, 5) is 0. The van der Waals surface area contributed by atoms with Crippen LogP contribution in [0.5, 0.6) is 5.75 Å². The highest BCUT2D eigenvalue weighted by Crippen LogP contribution is 2.29. The lowest BCUT2D eigenvalue weighted by atomic mass is 9.85. The third kappa shape index (κ3) is 3.02. The van der Waals surface area contributed by atoms with E-state index in [9.17, 15) is 4.39 Å². The molecular formula is C15H22FNO. The Balaban J connectivity index is 2.10. The zero-order valence-corrected chi connectivity index (χ0v) is 11.4. The van der Waals surface area contributed by atoms with Gasteiger partial charge in [-0.2, -0.15) is 0 Å². The predicted octanol–water partition coefficient (Wildman–Crippen LogP) is 3.29. The monoisotopic (exact) mass is 251 g/mol. The van der Waals surface area contributed by atoms with Gasteiger partial charge in [-0.05, 0) is 62.9 Å². The van der Waals surface area contributed by atoms with Crippen LogP contribution in [0, 0.1) is 18.7 Å². The van der Waals surface area contributed by atoms with Crippen molar-refractivity contribution in [3.63, 3.8) is 0 Å². The zero-order chi connectivity index (χ0) is 13.1. The molecule has 18 heavy (non-hydrogen) atoms. The Labute approximate surface area is 109 Å². The number of benzene rings is 1. The predicted molar refractivity (Wildman–Crippen MR) is 71.4 cm³/mol. The number of hydrogen-bond acceptors (Lipinski definition) is 2. The first-order chi connectivity index (χ1) is 8.60. The molecule has 3 atom stereocenters. The highest BCUT2D eigenvalue weighted by atomic mass is 19.1. The highest BCUT2D eigenvalue weighted by Gasteiger charge is 2.29. The van der Waals surface area contributed by atoms with Gasteiger partial charge in [0.15, 0.2) is 0 Å². The minimum absolute atomic E-state index is 0.183. The molecule has 1 aromatic carbocycles. The number of rotatable bonds is 3. The quantitative estimate of drug-likeness (QED) is 0.890. The maximum absolute atomic E-state index is 13.1. The van der Waals surface area contributed by atoms with E-state index in [1.807, 2.05) is 14.0 Å². The minimum atomic E-state index is -0.206. The summed E-state index contributed by atoms with van der Waals surface area (Å²) in [5.41, 5.74) is 0.864. The lowest BCUT2D eigenvalue weighted by Gasteiger charge is -2.35. The fourth-order valence-corrected chi connectivity index (χ4v) is 2.70. The highest BCUT2D eigenvalue weighted by molar-refractivity contribution is 5.32. The molecule has 1 saturated carbocycles. The summed E-state index contributed by atoms with van der Waals surface area (Å²) in [6, 6.07) is 5.11. The van der Waals surface area contributed by atoms with Gasteiger partial charge in [0.25, 0.3) is 0 Å². The Hall–Kier alpha value is -1.09. The fraction of sp³-hybridized carbons (Fsp3) is 0.600. The van der Waals surface area contributed by atoms with Gasteiger partial charge in [-0.1, -0.05) is 6.92 Å². The molecule has 3 unspecified atom stereocenters. The van der Waals surface area contributed by atoms with Crippen LogP contribution in [0.3, 0.4) is 0 Å². The lowest BCUT2D eigenvalue weighted by Crippen LogP contribution is -2.45. The fourth-order valence-electron chi connectivity index (χ4n) is 2.70. The summed E-state index contributed by atoms with van der Waals surface area (Å²) in [5, 5.41) is 3.33. The van der Waals surface area contributed by atoms with E-state index in [1.54, 1.807) is 6.07 Å². The lowest BCUT2D eigenvalue weighted by molar-refractivity contribution is 0.0936. The van der Waals surface area contributed by atoms with Crippen molar-refractivity contribution in [1.82, 2.24) is 5.32 Å². The molecule has 0 bridgehead atoms. The summed E-state index contributed by atoms with van der Waals surface area (Å²) >= 11 is 0. The molecule has 0 saturated heterocycles. The Morgan fingerprint density at radius 1 is 1.33 bits per heavy atom. The molecular weight excluding hydrogens is 229 g/mol. The molecule has 2 rings (SSSR count). The zero-order valence-electron chi connectivity index (χ0n) is 11.4. The van der Waals surface area contributed by atoms with Crippen molar-refractivity contribution in [1.29, 1.82) is 0 Å². The first-order valence-corrected chi connectivity index (χ1v) is 6.70. The molecule has 0 aromatic heterocycles. The summed E-state index contributed by atoms with van der Waals surface area (Å²) in [7, 11) is 1.98. The molecule has 1 N–H and O–H groups in total. The number of aryl methyl sites for hydroxylation is 1. The van der Waals surface area contributed by atoms with Gasteiger partial charge in [0.1, 0.15) is 17.7 Å². The van der Waals surface area contributed by atoms with Crippen molar-refractivity contribution >= 4 is 0 Å². The molecule has 1 aromatic rings. The van der Waals surface area contributed by atoms with E-state index >= 15 is 0 Å². The van der Waals surface area contributed by atoms with Crippen molar-refractivity contribution < 1.29 is 9.13 Å². The van der Waals surface area contributed by atoms with E-state index in [0.29, 0.717) is 12.0 Å². The second kappa shape index (κ2) is 5.70. The Morgan fingerprint density at radius 2 is 2.11 bits per heavy atom. The largest absolute Gasteiger partial charge is 0.489 e. The van der Waals surface area contributed by atoms with E-state index in [-0.39, 0.29) is 11.9 Å². The van der Waals surface area contributed by atoms with Crippen LogP contribution in [0.25, 0.3) is 0 Å². The van der Waals surface area contributed by atoms with Gasteiger partial charge in [-0.25, -0.2) is 4.39 Å². The van der Waals surface area contributed by atoms with E-state index in [1.165, 1.54) is 18.6 Å². The van der Waals surface area contributed by atoms with Crippen LogP contribution in [-0.4, -0.2) is 19.2 Å². The third-order valence-corrected chi connectivity index (χ3v) is 3.84. The third-order valence-electron chi connectivity index (χ3n) is 3.84. The van der Waals surface area contributed by atoms with Gasteiger partial charge < -0.3 is 10.1 Å². The van der Waals surface area contributed by atoms with E-state index in [4.69, 9.17) is 4.74 Å². The Morgan fingerprint density at radius 3 is 2.78 bits per heavy atom. The number of ether oxygens (including phenoxy) is 1. The van der Waals surface area contributed by atoms with Crippen LogP contribution in [0.2, 0.25) is 0 Å². The average molecular weight is 251 g/mol. The molecule has 3 heteroatoms. The Bertz CT molecular complexity index is 407. The van der Waals surface area contributed by atoms with Crippen LogP contribution in [-0.2, 0) is 0 Å². The summed E-state index contributed by atoms with van der Waals surface area (Å²) < 4.78 is 19.1. The second-order valence-electron chi connectivity index (χ2n) is 5.38. The van der Waals surface area contributed by atoms with Gasteiger partial charge in [0.05, 0.1) is 0 Å². The Kier molecular flexibility index (Phi) is 4.23. The summed E-state index contributed by atoms with van der Waals surface area (Å²) in [5.74, 6) is 1.29. The van der Waals surface area contributed by atoms with Crippen molar-refractivity contribution in [2.24, 2.45) is 5.92 Å². The molecule has 100 valence electrons. The van der Waals surface area contributed by atoms with Gasteiger partial charge >= 0.3 is 0 Å². The smallest absolute Gasteiger partial charge is 0.123 e. The normalized spacial score (nSPS) is 28.1. The van der Waals surface area contributed by atoms with E-state index in [2.05, 4.69) is 12.2 Å². The summed E-state index contributed by atoms with van der Waals surface area (Å²) in [6.45, 7) is 4.15. The standard InChI is InChI=1S/C15H22FNO/c1-10-4-6-13(17-3)15(8-10)18-14-7-5-12(16)9-11(14)2/h5,7,9-10,13,15,17H,4,6,8H2,1-3H3. The van der Waals surface area contributed by atoms with Crippen LogP contribution >= 0.6 is 0 Å². The molecule has 1 fully saturated rings. The number of likely N-dealkylation sites (N-methyl/N-ethyl adjacent to an activating group) is 1. The first kappa shape index (κ1) is 13.3. The van der Waals surface area contributed by atoms with Gasteiger partial charge in [-0.15, -0.1) is 0 Å².